The van der Waals surface area contributed by atoms with E-state index in [1.165, 1.54) is 0 Å². The SMILES string of the molecule is CN(CC1(C)COC1)C(C)(C)C. The molecule has 0 bridgehead atoms. The summed E-state index contributed by atoms with van der Waals surface area (Å²) in [6.07, 6.45) is 0. The molecule has 0 aromatic heterocycles. The lowest BCUT2D eigenvalue weighted by Gasteiger charge is -2.44. The zero-order chi connectivity index (χ0) is 9.41. The van der Waals surface area contributed by atoms with Gasteiger partial charge in [-0.05, 0) is 27.8 Å². The van der Waals surface area contributed by atoms with Crippen molar-refractivity contribution >= 4 is 0 Å². The number of ether oxygens (including phenoxy) is 1. The van der Waals surface area contributed by atoms with Crippen molar-refractivity contribution in [2.45, 2.75) is 33.2 Å². The van der Waals surface area contributed by atoms with E-state index < -0.39 is 0 Å². The van der Waals surface area contributed by atoms with E-state index >= 15 is 0 Å². The second-order valence-electron chi connectivity index (χ2n) is 5.33. The molecule has 0 radical (unpaired) electrons. The van der Waals surface area contributed by atoms with Gasteiger partial charge in [-0.1, -0.05) is 6.92 Å². The second kappa shape index (κ2) is 3.00. The summed E-state index contributed by atoms with van der Waals surface area (Å²) in [5, 5.41) is 0. The van der Waals surface area contributed by atoms with Gasteiger partial charge in [0, 0.05) is 17.5 Å². The van der Waals surface area contributed by atoms with E-state index in [0.717, 1.165) is 19.8 Å². The van der Waals surface area contributed by atoms with E-state index in [1.54, 1.807) is 0 Å². The van der Waals surface area contributed by atoms with Crippen LogP contribution in [0.1, 0.15) is 27.7 Å². The molecule has 0 spiro atoms. The number of rotatable bonds is 2. The van der Waals surface area contributed by atoms with Gasteiger partial charge < -0.3 is 9.64 Å². The lowest BCUT2D eigenvalue weighted by atomic mass is 9.87. The Kier molecular flexibility index (Phi) is 2.50. The van der Waals surface area contributed by atoms with Gasteiger partial charge in [0.2, 0.25) is 0 Å². The van der Waals surface area contributed by atoms with Crippen molar-refractivity contribution < 1.29 is 4.74 Å². The molecule has 0 unspecified atom stereocenters. The van der Waals surface area contributed by atoms with Gasteiger partial charge in [-0.2, -0.15) is 0 Å². The smallest absolute Gasteiger partial charge is 0.0554 e. The summed E-state index contributed by atoms with van der Waals surface area (Å²) in [6.45, 7) is 12.0. The molecule has 0 aliphatic carbocycles. The number of hydrogen-bond donors (Lipinski definition) is 0. The second-order valence-corrected chi connectivity index (χ2v) is 5.33. The predicted octanol–water partition coefficient (Wildman–Crippen LogP) is 1.75. The third-order valence-electron chi connectivity index (χ3n) is 2.67. The van der Waals surface area contributed by atoms with Crippen LogP contribution in [0.3, 0.4) is 0 Å². The molecule has 0 aromatic rings. The van der Waals surface area contributed by atoms with Crippen molar-refractivity contribution in [2.75, 3.05) is 26.8 Å². The predicted molar refractivity (Wildman–Crippen MR) is 51.3 cm³/mol. The van der Waals surface area contributed by atoms with Gasteiger partial charge in [0.05, 0.1) is 13.2 Å². The average Bonchev–Trinajstić information content (AvgIpc) is 1.82. The van der Waals surface area contributed by atoms with Crippen molar-refractivity contribution in [3.63, 3.8) is 0 Å². The standard InChI is InChI=1S/C10H21NO/c1-9(2,3)11(5)6-10(4)7-12-8-10/h6-8H2,1-5H3. The number of hydrogen-bond acceptors (Lipinski definition) is 2. The van der Waals surface area contributed by atoms with Crippen molar-refractivity contribution in [2.24, 2.45) is 5.41 Å². The van der Waals surface area contributed by atoms with Crippen LogP contribution in [0.15, 0.2) is 0 Å². The minimum atomic E-state index is 0.276. The maximum absolute atomic E-state index is 5.22. The molecule has 1 aliphatic heterocycles. The Morgan fingerprint density at radius 2 is 1.83 bits per heavy atom. The third kappa shape index (κ3) is 2.20. The van der Waals surface area contributed by atoms with Gasteiger partial charge in [0.25, 0.3) is 0 Å². The lowest BCUT2D eigenvalue weighted by Crippen LogP contribution is -2.52. The van der Waals surface area contributed by atoms with Crippen LogP contribution in [0, 0.1) is 5.41 Å². The first-order valence-electron chi connectivity index (χ1n) is 4.63. The Morgan fingerprint density at radius 1 is 1.33 bits per heavy atom. The zero-order valence-corrected chi connectivity index (χ0v) is 8.98. The first-order chi connectivity index (χ1) is 5.33. The van der Waals surface area contributed by atoms with Crippen LogP contribution in [0.25, 0.3) is 0 Å². The highest BCUT2D eigenvalue weighted by molar-refractivity contribution is 4.86. The summed E-state index contributed by atoms with van der Waals surface area (Å²) in [5.74, 6) is 0. The van der Waals surface area contributed by atoms with Gasteiger partial charge in [0.1, 0.15) is 0 Å². The molecule has 72 valence electrons. The summed E-state index contributed by atoms with van der Waals surface area (Å²) < 4.78 is 5.22. The highest BCUT2D eigenvalue weighted by Crippen LogP contribution is 2.29. The van der Waals surface area contributed by atoms with Gasteiger partial charge in [-0.3, -0.25) is 0 Å². The molecular weight excluding hydrogens is 150 g/mol. The fourth-order valence-corrected chi connectivity index (χ4v) is 1.35. The summed E-state index contributed by atoms with van der Waals surface area (Å²) in [7, 11) is 2.18. The average molecular weight is 171 g/mol. The van der Waals surface area contributed by atoms with E-state index in [0.29, 0.717) is 5.41 Å². The van der Waals surface area contributed by atoms with Gasteiger partial charge >= 0.3 is 0 Å². The molecule has 0 atom stereocenters. The minimum Gasteiger partial charge on any atom is -0.380 e. The Morgan fingerprint density at radius 3 is 2.08 bits per heavy atom. The van der Waals surface area contributed by atoms with Crippen LogP contribution >= 0.6 is 0 Å². The molecule has 2 nitrogen and oxygen atoms in total. The largest absolute Gasteiger partial charge is 0.380 e. The van der Waals surface area contributed by atoms with Crippen LogP contribution in [-0.4, -0.2) is 37.2 Å². The Balaban J connectivity index is 2.40. The van der Waals surface area contributed by atoms with Gasteiger partial charge in [-0.25, -0.2) is 0 Å². The Labute approximate surface area is 75.9 Å². The Bertz CT molecular complexity index is 156. The molecule has 1 heterocycles. The van der Waals surface area contributed by atoms with E-state index in [1.807, 2.05) is 0 Å². The minimum absolute atomic E-state index is 0.276. The van der Waals surface area contributed by atoms with Crippen molar-refractivity contribution in [1.82, 2.24) is 4.90 Å². The molecule has 1 aliphatic rings. The molecular formula is C10H21NO. The normalized spacial score (nSPS) is 22.5. The van der Waals surface area contributed by atoms with Crippen LogP contribution in [0.4, 0.5) is 0 Å². The van der Waals surface area contributed by atoms with Crippen LogP contribution < -0.4 is 0 Å². The van der Waals surface area contributed by atoms with Crippen LogP contribution in [0.2, 0.25) is 0 Å². The van der Waals surface area contributed by atoms with Crippen molar-refractivity contribution in [3.8, 4) is 0 Å². The van der Waals surface area contributed by atoms with Crippen LogP contribution in [0.5, 0.6) is 0 Å². The summed E-state index contributed by atoms with van der Waals surface area (Å²) >= 11 is 0. The maximum Gasteiger partial charge on any atom is 0.0554 e. The summed E-state index contributed by atoms with van der Waals surface area (Å²) in [4.78, 5) is 2.40. The van der Waals surface area contributed by atoms with Gasteiger partial charge in [-0.15, -0.1) is 0 Å². The first-order valence-corrected chi connectivity index (χ1v) is 4.63. The van der Waals surface area contributed by atoms with Crippen LogP contribution in [-0.2, 0) is 4.74 Å². The van der Waals surface area contributed by atoms with E-state index in [-0.39, 0.29) is 5.54 Å². The fourth-order valence-electron chi connectivity index (χ4n) is 1.35. The highest BCUT2D eigenvalue weighted by Gasteiger charge is 2.36. The molecule has 12 heavy (non-hydrogen) atoms. The third-order valence-corrected chi connectivity index (χ3v) is 2.67. The quantitative estimate of drug-likeness (QED) is 0.627. The fraction of sp³-hybridized carbons (Fsp3) is 1.00. The molecule has 1 rings (SSSR count). The van der Waals surface area contributed by atoms with E-state index in [9.17, 15) is 0 Å². The van der Waals surface area contributed by atoms with Crippen molar-refractivity contribution in [3.05, 3.63) is 0 Å². The monoisotopic (exact) mass is 171 g/mol. The molecule has 0 saturated carbocycles. The lowest BCUT2D eigenvalue weighted by molar-refractivity contribution is -0.120. The molecule has 2 heteroatoms. The van der Waals surface area contributed by atoms with E-state index in [2.05, 4.69) is 39.6 Å². The van der Waals surface area contributed by atoms with Crippen molar-refractivity contribution in [1.29, 1.82) is 0 Å². The zero-order valence-electron chi connectivity index (χ0n) is 8.98. The summed E-state index contributed by atoms with van der Waals surface area (Å²) in [5.41, 5.74) is 0.681. The van der Waals surface area contributed by atoms with E-state index in [4.69, 9.17) is 4.74 Å². The summed E-state index contributed by atoms with van der Waals surface area (Å²) in [6, 6.07) is 0. The highest BCUT2D eigenvalue weighted by atomic mass is 16.5. The molecule has 0 aromatic carbocycles. The Hall–Kier alpha value is -0.0800. The topological polar surface area (TPSA) is 12.5 Å². The number of nitrogens with zero attached hydrogens (tertiary/aromatic N) is 1. The molecule has 0 N–H and O–H groups in total. The molecule has 1 saturated heterocycles. The first kappa shape index (κ1) is 10.0. The maximum atomic E-state index is 5.22. The molecule has 0 amide bonds. The molecule has 1 fully saturated rings. The van der Waals surface area contributed by atoms with Gasteiger partial charge in [0.15, 0.2) is 0 Å².